The van der Waals surface area contributed by atoms with E-state index < -0.39 is 11.4 Å². The molecular formula is C15H14O3S. The molecule has 1 aromatic rings. The highest BCUT2D eigenvalue weighted by molar-refractivity contribution is 8.03. The first-order valence-electron chi connectivity index (χ1n) is 6.26. The first-order chi connectivity index (χ1) is 9.19. The minimum atomic E-state index is -1.00. The molecule has 0 N–H and O–H groups in total. The number of ether oxygens (including phenoxy) is 1. The van der Waals surface area contributed by atoms with Gasteiger partial charge in [-0.05, 0) is 18.6 Å². The molecule has 0 bridgehead atoms. The molecule has 1 saturated carbocycles. The molecule has 4 heteroatoms. The molecule has 1 aromatic carbocycles. The third-order valence-electron chi connectivity index (χ3n) is 3.90. The molecule has 0 heterocycles. The summed E-state index contributed by atoms with van der Waals surface area (Å²) in [6.07, 6.45) is 3.27. The lowest BCUT2D eigenvalue weighted by molar-refractivity contribution is -0.156. The van der Waals surface area contributed by atoms with Crippen molar-refractivity contribution in [2.45, 2.75) is 17.7 Å². The van der Waals surface area contributed by atoms with Crippen molar-refractivity contribution in [1.82, 2.24) is 0 Å². The fourth-order valence-electron chi connectivity index (χ4n) is 2.91. The average molecular weight is 274 g/mol. The Morgan fingerprint density at radius 3 is 2.74 bits per heavy atom. The third kappa shape index (κ3) is 1.66. The van der Waals surface area contributed by atoms with E-state index in [1.165, 1.54) is 18.9 Å². The summed E-state index contributed by atoms with van der Waals surface area (Å²) in [6.45, 7) is 0. The van der Waals surface area contributed by atoms with Gasteiger partial charge in [-0.2, -0.15) is 0 Å². The van der Waals surface area contributed by atoms with Crippen LogP contribution >= 0.6 is 11.8 Å². The zero-order chi connectivity index (χ0) is 13.5. The second-order valence-corrected chi connectivity index (χ2v) is 5.93. The number of esters is 1. The van der Waals surface area contributed by atoms with Gasteiger partial charge in [-0.15, -0.1) is 0 Å². The Labute approximate surface area is 116 Å². The number of benzene rings is 1. The van der Waals surface area contributed by atoms with Gasteiger partial charge in [-0.3, -0.25) is 9.59 Å². The molecule has 2 aliphatic carbocycles. The van der Waals surface area contributed by atoms with Gasteiger partial charge in [0.2, 0.25) is 0 Å². The number of allylic oxidation sites excluding steroid dienone is 1. The van der Waals surface area contributed by atoms with Crippen molar-refractivity contribution in [3.05, 3.63) is 41.3 Å². The fraction of sp³-hybridized carbons (Fsp3) is 0.333. The van der Waals surface area contributed by atoms with Crippen molar-refractivity contribution >= 4 is 23.5 Å². The van der Waals surface area contributed by atoms with Crippen molar-refractivity contribution < 1.29 is 14.3 Å². The molecule has 2 aliphatic rings. The highest BCUT2D eigenvalue weighted by Gasteiger charge is 2.63. The van der Waals surface area contributed by atoms with E-state index in [4.69, 9.17) is 4.74 Å². The predicted molar refractivity (Wildman–Crippen MR) is 72.6 cm³/mol. The number of ketones is 1. The molecular weight excluding hydrogens is 260 g/mol. The highest BCUT2D eigenvalue weighted by Crippen LogP contribution is 2.60. The van der Waals surface area contributed by atoms with Gasteiger partial charge in [0, 0.05) is 22.1 Å². The fourth-order valence-corrected chi connectivity index (χ4v) is 4.20. The van der Waals surface area contributed by atoms with Gasteiger partial charge < -0.3 is 4.74 Å². The number of thioether (sulfide) groups is 1. The molecule has 0 amide bonds. The van der Waals surface area contributed by atoms with E-state index >= 15 is 0 Å². The van der Waals surface area contributed by atoms with Crippen molar-refractivity contribution in [2.24, 2.45) is 11.3 Å². The van der Waals surface area contributed by atoms with Crippen LogP contribution in [0, 0.1) is 11.3 Å². The third-order valence-corrected chi connectivity index (χ3v) is 5.08. The summed E-state index contributed by atoms with van der Waals surface area (Å²) < 4.78 is 4.88. The molecule has 3 nitrogen and oxygen atoms in total. The SMILES string of the molecule is COC(=O)[C@@]12C(=O)CC[C@@H]1C=C2Sc1ccccc1. The summed E-state index contributed by atoms with van der Waals surface area (Å²) in [5.74, 6) is -0.370. The molecule has 0 saturated heterocycles. The Morgan fingerprint density at radius 2 is 2.11 bits per heavy atom. The van der Waals surface area contributed by atoms with Crippen LogP contribution in [0.25, 0.3) is 0 Å². The van der Waals surface area contributed by atoms with Crippen molar-refractivity contribution in [1.29, 1.82) is 0 Å². The van der Waals surface area contributed by atoms with Crippen LogP contribution in [0.4, 0.5) is 0 Å². The number of rotatable bonds is 3. The Morgan fingerprint density at radius 1 is 1.37 bits per heavy atom. The summed E-state index contributed by atoms with van der Waals surface area (Å²) in [5.41, 5.74) is -1.00. The quantitative estimate of drug-likeness (QED) is 0.628. The molecule has 2 atom stereocenters. The second kappa shape index (κ2) is 4.53. The normalized spacial score (nSPS) is 28.4. The molecule has 98 valence electrons. The maximum atomic E-state index is 12.2. The number of fused-ring (bicyclic) bond motifs is 1. The van der Waals surface area contributed by atoms with E-state index in [-0.39, 0.29) is 11.7 Å². The van der Waals surface area contributed by atoms with Crippen LogP contribution in [0.15, 0.2) is 46.2 Å². The highest BCUT2D eigenvalue weighted by atomic mass is 32.2. The molecule has 19 heavy (non-hydrogen) atoms. The number of hydrogen-bond donors (Lipinski definition) is 0. The summed E-state index contributed by atoms with van der Waals surface area (Å²) >= 11 is 1.49. The Balaban J connectivity index is 1.93. The van der Waals surface area contributed by atoms with E-state index in [0.717, 1.165) is 16.2 Å². The molecule has 3 rings (SSSR count). The minimum absolute atomic E-state index is 0.00489. The zero-order valence-corrected chi connectivity index (χ0v) is 11.4. The molecule has 0 aliphatic heterocycles. The van der Waals surface area contributed by atoms with Crippen LogP contribution in [-0.4, -0.2) is 18.9 Å². The van der Waals surface area contributed by atoms with Crippen LogP contribution in [0.1, 0.15) is 12.8 Å². The Bertz CT molecular complexity index is 564. The van der Waals surface area contributed by atoms with Gasteiger partial charge >= 0.3 is 5.97 Å². The topological polar surface area (TPSA) is 43.4 Å². The first kappa shape index (κ1) is 12.5. The summed E-state index contributed by atoms with van der Waals surface area (Å²) in [6, 6.07) is 9.78. The number of methoxy groups -OCH3 is 1. The molecule has 0 spiro atoms. The van der Waals surface area contributed by atoms with E-state index in [0.29, 0.717) is 6.42 Å². The molecule has 0 aromatic heterocycles. The van der Waals surface area contributed by atoms with Crippen LogP contribution in [0.2, 0.25) is 0 Å². The van der Waals surface area contributed by atoms with Gasteiger partial charge in [0.05, 0.1) is 7.11 Å². The molecule has 0 radical (unpaired) electrons. The number of hydrogen-bond acceptors (Lipinski definition) is 4. The van der Waals surface area contributed by atoms with E-state index in [1.54, 1.807) is 0 Å². The van der Waals surface area contributed by atoms with Crippen LogP contribution in [-0.2, 0) is 14.3 Å². The van der Waals surface area contributed by atoms with Gasteiger partial charge in [-0.1, -0.05) is 36.0 Å². The Kier molecular flexibility index (Phi) is 2.97. The van der Waals surface area contributed by atoms with Gasteiger partial charge in [0.15, 0.2) is 11.2 Å². The lowest BCUT2D eigenvalue weighted by Crippen LogP contribution is -2.47. The van der Waals surface area contributed by atoms with E-state index in [2.05, 4.69) is 0 Å². The van der Waals surface area contributed by atoms with Crippen molar-refractivity contribution in [3.63, 3.8) is 0 Å². The minimum Gasteiger partial charge on any atom is -0.468 e. The lowest BCUT2D eigenvalue weighted by Gasteiger charge is -2.39. The van der Waals surface area contributed by atoms with Crippen molar-refractivity contribution in [2.75, 3.05) is 7.11 Å². The average Bonchev–Trinajstić information content (AvgIpc) is 2.68. The van der Waals surface area contributed by atoms with Crippen molar-refractivity contribution in [3.8, 4) is 0 Å². The summed E-state index contributed by atoms with van der Waals surface area (Å²) in [7, 11) is 1.35. The largest absolute Gasteiger partial charge is 0.468 e. The number of Topliss-reactive ketones (excluding diaryl/α,β-unsaturated/α-hetero) is 1. The van der Waals surface area contributed by atoms with Gasteiger partial charge in [-0.25, -0.2) is 0 Å². The Hall–Kier alpha value is -1.55. The van der Waals surface area contributed by atoms with E-state index in [1.807, 2.05) is 36.4 Å². The molecule has 1 fully saturated rings. The standard InChI is InChI=1S/C15H14O3S/c1-18-14(17)15-10(7-8-12(15)16)9-13(15)19-11-5-3-2-4-6-11/h2-6,9-10H,7-8H2,1H3/t10-,15-/m1/s1. The number of carbonyl (C=O) groups excluding carboxylic acids is 2. The predicted octanol–water partition coefficient (Wildman–Crippen LogP) is 2.81. The first-order valence-corrected chi connectivity index (χ1v) is 7.08. The summed E-state index contributed by atoms with van der Waals surface area (Å²) in [4.78, 5) is 26.2. The van der Waals surface area contributed by atoms with Gasteiger partial charge in [0.25, 0.3) is 0 Å². The second-order valence-electron chi connectivity index (χ2n) is 4.81. The maximum Gasteiger partial charge on any atom is 0.325 e. The van der Waals surface area contributed by atoms with E-state index in [9.17, 15) is 9.59 Å². The molecule has 0 unspecified atom stereocenters. The maximum absolute atomic E-state index is 12.2. The summed E-state index contributed by atoms with van der Waals surface area (Å²) in [5, 5.41) is 0. The smallest absolute Gasteiger partial charge is 0.325 e. The number of carbonyl (C=O) groups is 2. The van der Waals surface area contributed by atoms with Gasteiger partial charge in [0.1, 0.15) is 0 Å². The lowest BCUT2D eigenvalue weighted by atomic mass is 9.68. The van der Waals surface area contributed by atoms with Crippen LogP contribution < -0.4 is 0 Å². The van der Waals surface area contributed by atoms with Crippen LogP contribution in [0.5, 0.6) is 0 Å². The monoisotopic (exact) mass is 274 g/mol. The zero-order valence-electron chi connectivity index (χ0n) is 10.6. The van der Waals surface area contributed by atoms with Crippen LogP contribution in [0.3, 0.4) is 0 Å².